The van der Waals surface area contributed by atoms with E-state index in [1.807, 2.05) is 53.6 Å². The van der Waals surface area contributed by atoms with Gasteiger partial charge in [-0.3, -0.25) is 29.4 Å². The van der Waals surface area contributed by atoms with E-state index in [1.54, 1.807) is 18.1 Å². The molecule has 6 heterocycles. The van der Waals surface area contributed by atoms with Crippen molar-refractivity contribution in [2.24, 2.45) is 11.3 Å². The second-order valence-corrected chi connectivity index (χ2v) is 17.2. The number of piperidine rings is 2. The predicted octanol–water partition coefficient (Wildman–Crippen LogP) is 5.76. The summed E-state index contributed by atoms with van der Waals surface area (Å²) >= 11 is 0. The van der Waals surface area contributed by atoms with E-state index in [-0.39, 0.29) is 36.0 Å². The van der Waals surface area contributed by atoms with Gasteiger partial charge in [-0.05, 0) is 86.1 Å². The molecule has 10 rings (SSSR count). The van der Waals surface area contributed by atoms with E-state index < -0.39 is 17.4 Å². The lowest BCUT2D eigenvalue weighted by Crippen LogP contribution is -2.62. The number of β-lactam (4-membered cyclic amide) rings is 1. The second kappa shape index (κ2) is 14.4. The molecule has 1 saturated carbocycles. The molecular formula is C45H50FN7O5. The van der Waals surface area contributed by atoms with E-state index in [0.717, 1.165) is 118 Å². The first kappa shape index (κ1) is 36.9. The normalized spacial score (nSPS) is 23.9. The molecule has 4 saturated heterocycles. The maximum atomic E-state index is 16.4. The van der Waals surface area contributed by atoms with Crippen LogP contribution in [0.25, 0.3) is 10.9 Å². The first-order valence-electron chi connectivity index (χ1n) is 21.0. The van der Waals surface area contributed by atoms with Crippen LogP contribution in [0.2, 0.25) is 0 Å². The molecule has 4 amide bonds. The number of nitrogens with one attached hydrogen (secondary N) is 2. The number of H-pyrrole nitrogens is 1. The Hall–Kier alpha value is -5.43. The third-order valence-electron chi connectivity index (χ3n) is 14.1. The van der Waals surface area contributed by atoms with Crippen LogP contribution in [0.5, 0.6) is 5.75 Å². The standard InChI is InChI=1S/C45H50FN7O5/c1-58-39-25-38(34(46)24-33(39)41-45(14-2-3-15-45)44(57)53(41)36-6-4-5-35-32(36)11-16-47-35)51-17-12-28(13-18-51)26-49-19-21-50(22-20-49)30-7-8-31-29(23-30)27-52(43(31)56)37-9-10-40(54)48-42(37)55/h4-8,11,16,23-25,28,37,41,47H,2-3,9-10,12-15,17-22,26-27H2,1H3,(H,48,54,55)/t37-,41-/m0/s1. The fourth-order valence-electron chi connectivity index (χ4n) is 11.0. The quantitative estimate of drug-likeness (QED) is 0.171. The van der Waals surface area contributed by atoms with E-state index in [1.165, 1.54) is 0 Å². The Morgan fingerprint density at radius 1 is 0.862 bits per heavy atom. The average molecular weight is 788 g/mol. The number of ether oxygens (including phenoxy) is 1. The van der Waals surface area contributed by atoms with Crippen LogP contribution in [0.1, 0.15) is 78.9 Å². The number of methoxy groups -OCH3 is 1. The molecule has 0 radical (unpaired) electrons. The molecular weight excluding hydrogens is 738 g/mol. The molecule has 6 aliphatic rings. The van der Waals surface area contributed by atoms with Crippen LogP contribution >= 0.6 is 0 Å². The van der Waals surface area contributed by atoms with Crippen molar-refractivity contribution in [3.63, 3.8) is 0 Å². The minimum absolute atomic E-state index is 0.125. The molecule has 12 nitrogen and oxygen atoms in total. The topological polar surface area (TPSA) is 122 Å². The van der Waals surface area contributed by atoms with Gasteiger partial charge in [0.05, 0.1) is 29.9 Å². The van der Waals surface area contributed by atoms with Crippen LogP contribution in [0, 0.1) is 17.2 Å². The van der Waals surface area contributed by atoms with Crippen molar-refractivity contribution in [3.8, 4) is 5.75 Å². The zero-order valence-corrected chi connectivity index (χ0v) is 33.0. The smallest absolute Gasteiger partial charge is 0.255 e. The number of fused-ring (bicyclic) bond motifs is 2. The fourth-order valence-corrected chi connectivity index (χ4v) is 11.0. The first-order chi connectivity index (χ1) is 28.2. The number of aromatic nitrogens is 1. The van der Waals surface area contributed by atoms with Crippen LogP contribution < -0.4 is 24.8 Å². The molecule has 3 aromatic carbocycles. The summed E-state index contributed by atoms with van der Waals surface area (Å²) in [6, 6.07) is 16.5. The minimum Gasteiger partial charge on any atom is -0.496 e. The van der Waals surface area contributed by atoms with Crippen molar-refractivity contribution in [2.45, 2.75) is 70.0 Å². The Balaban J connectivity index is 0.769. The maximum absolute atomic E-state index is 16.4. The Morgan fingerprint density at radius 2 is 1.66 bits per heavy atom. The number of hydrogen-bond donors (Lipinski definition) is 2. The third kappa shape index (κ3) is 6.03. The number of carbonyl (C=O) groups excluding carboxylic acids is 4. The van der Waals surface area contributed by atoms with Gasteiger partial charge in [0, 0.05) is 98.8 Å². The zero-order valence-electron chi connectivity index (χ0n) is 33.0. The lowest BCUT2D eigenvalue weighted by atomic mass is 9.66. The Bertz CT molecular complexity index is 2300. The molecule has 4 aromatic rings. The van der Waals surface area contributed by atoms with Gasteiger partial charge in [-0.2, -0.15) is 0 Å². The van der Waals surface area contributed by atoms with Gasteiger partial charge in [-0.25, -0.2) is 4.39 Å². The van der Waals surface area contributed by atoms with Gasteiger partial charge >= 0.3 is 0 Å². The second-order valence-electron chi connectivity index (χ2n) is 17.2. The predicted molar refractivity (Wildman–Crippen MR) is 218 cm³/mol. The van der Waals surface area contributed by atoms with Gasteiger partial charge in [0.25, 0.3) is 5.91 Å². The number of halogens is 1. The number of nitrogens with zero attached hydrogens (tertiary/aromatic N) is 5. The monoisotopic (exact) mass is 787 g/mol. The fraction of sp³-hybridized carbons (Fsp3) is 0.467. The largest absolute Gasteiger partial charge is 0.496 e. The molecule has 302 valence electrons. The lowest BCUT2D eigenvalue weighted by Gasteiger charge is -2.55. The van der Waals surface area contributed by atoms with Crippen LogP contribution in [0.3, 0.4) is 0 Å². The molecule has 5 aliphatic heterocycles. The van der Waals surface area contributed by atoms with Gasteiger partial charge in [-0.1, -0.05) is 18.9 Å². The Labute approximate surface area is 337 Å². The van der Waals surface area contributed by atoms with Crippen molar-refractivity contribution < 1.29 is 28.3 Å². The minimum atomic E-state index is -0.614. The lowest BCUT2D eigenvalue weighted by molar-refractivity contribution is -0.140. The van der Waals surface area contributed by atoms with Gasteiger partial charge in [-0.15, -0.1) is 0 Å². The summed E-state index contributed by atoms with van der Waals surface area (Å²) in [7, 11) is 1.65. The van der Waals surface area contributed by atoms with Gasteiger partial charge in [0.15, 0.2) is 0 Å². The summed E-state index contributed by atoms with van der Waals surface area (Å²) < 4.78 is 22.4. The van der Waals surface area contributed by atoms with Crippen molar-refractivity contribution in [1.82, 2.24) is 20.1 Å². The number of amides is 4. The molecule has 2 N–H and O–H groups in total. The molecule has 0 bridgehead atoms. The molecule has 1 spiro atoms. The zero-order chi connectivity index (χ0) is 39.7. The number of rotatable bonds is 8. The van der Waals surface area contributed by atoms with Crippen molar-refractivity contribution in [3.05, 3.63) is 83.3 Å². The molecule has 1 aromatic heterocycles. The maximum Gasteiger partial charge on any atom is 0.255 e. The van der Waals surface area contributed by atoms with Crippen molar-refractivity contribution in [1.29, 1.82) is 0 Å². The number of benzene rings is 3. The first-order valence-corrected chi connectivity index (χ1v) is 21.0. The molecule has 5 fully saturated rings. The molecule has 13 heteroatoms. The highest BCUT2D eigenvalue weighted by atomic mass is 19.1. The molecule has 58 heavy (non-hydrogen) atoms. The average Bonchev–Trinajstić information content (AvgIpc) is 4.01. The number of hydrogen-bond acceptors (Lipinski definition) is 8. The number of anilines is 3. The summed E-state index contributed by atoms with van der Waals surface area (Å²) in [5.41, 5.74) is 5.23. The van der Waals surface area contributed by atoms with E-state index in [4.69, 9.17) is 4.74 Å². The molecule has 2 atom stereocenters. The van der Waals surface area contributed by atoms with Crippen molar-refractivity contribution in [2.75, 3.05) is 67.6 Å². The highest BCUT2D eigenvalue weighted by Gasteiger charge is 2.63. The van der Waals surface area contributed by atoms with Gasteiger partial charge < -0.3 is 29.3 Å². The molecule has 0 unspecified atom stereocenters. The summed E-state index contributed by atoms with van der Waals surface area (Å²) in [5.74, 6) is 0.180. The van der Waals surface area contributed by atoms with Gasteiger partial charge in [0.2, 0.25) is 17.7 Å². The van der Waals surface area contributed by atoms with Crippen LogP contribution in [0.4, 0.5) is 21.5 Å². The number of imide groups is 1. The van der Waals surface area contributed by atoms with Crippen LogP contribution in [-0.2, 0) is 20.9 Å². The van der Waals surface area contributed by atoms with Crippen molar-refractivity contribution >= 4 is 51.6 Å². The Morgan fingerprint density at radius 3 is 2.41 bits per heavy atom. The van der Waals surface area contributed by atoms with Crippen LogP contribution in [0.15, 0.2) is 60.8 Å². The van der Waals surface area contributed by atoms with E-state index in [9.17, 15) is 19.2 Å². The highest BCUT2D eigenvalue weighted by molar-refractivity contribution is 6.11. The molecule has 1 aliphatic carbocycles. The number of piperazine rings is 1. The van der Waals surface area contributed by atoms with Crippen LogP contribution in [-0.4, -0.2) is 97.4 Å². The summed E-state index contributed by atoms with van der Waals surface area (Å²) in [6.45, 7) is 6.55. The Kier molecular flexibility index (Phi) is 9.18. The SMILES string of the molecule is COc1cc(N2CCC(CN3CCN(c4ccc5c(c4)CN([C@H]4CCC(=O)NC4=O)C5=O)CC3)CC2)c(F)cc1[C@@H]1N(c2cccc3[nH]ccc23)C(=O)C12CCCC2. The number of aromatic amines is 1. The summed E-state index contributed by atoms with van der Waals surface area (Å²) in [6.07, 6.45) is 8.02. The van der Waals surface area contributed by atoms with E-state index in [2.05, 4.69) is 31.1 Å². The van der Waals surface area contributed by atoms with Gasteiger partial charge in [0.1, 0.15) is 17.6 Å². The summed E-state index contributed by atoms with van der Waals surface area (Å²) in [5, 5.41) is 3.35. The van der Waals surface area contributed by atoms with E-state index >= 15 is 4.39 Å². The van der Waals surface area contributed by atoms with E-state index in [0.29, 0.717) is 35.9 Å². The highest BCUT2D eigenvalue weighted by Crippen LogP contribution is 2.62. The number of carbonyl (C=O) groups is 4. The third-order valence-corrected chi connectivity index (χ3v) is 14.1. The summed E-state index contributed by atoms with van der Waals surface area (Å²) in [4.78, 5) is 65.2.